The normalized spacial score (nSPS) is 15.2. The maximum Gasteiger partial charge on any atom is 0.263 e. The largest absolute Gasteiger partial charge is 0.493 e. The second-order valence-corrected chi connectivity index (χ2v) is 8.76. The SMILES string of the molecule is COc1cc(/C=C2\SC(=S)NC2=O)cc(Br)c1OCc1c(Cl)cccc1Cl. The zero-order valence-corrected chi connectivity index (χ0v) is 18.6. The molecule has 1 amide bonds. The van der Waals surface area contributed by atoms with Crippen LogP contribution in [0.3, 0.4) is 0 Å². The average molecular weight is 505 g/mol. The number of benzene rings is 2. The van der Waals surface area contributed by atoms with Crippen molar-refractivity contribution in [1.29, 1.82) is 0 Å². The highest BCUT2D eigenvalue weighted by Crippen LogP contribution is 2.39. The van der Waals surface area contributed by atoms with Gasteiger partial charge < -0.3 is 14.8 Å². The Balaban J connectivity index is 1.88. The number of amides is 1. The number of ether oxygens (including phenoxy) is 2. The van der Waals surface area contributed by atoms with Crippen molar-refractivity contribution in [2.75, 3.05) is 7.11 Å². The minimum atomic E-state index is -0.214. The predicted octanol–water partition coefficient (Wildman–Crippen LogP) is 5.83. The first kappa shape index (κ1) is 20.5. The van der Waals surface area contributed by atoms with Crippen molar-refractivity contribution in [2.24, 2.45) is 0 Å². The summed E-state index contributed by atoms with van der Waals surface area (Å²) in [7, 11) is 1.54. The number of carbonyl (C=O) groups excluding carboxylic acids is 1. The molecule has 0 spiro atoms. The lowest BCUT2D eigenvalue weighted by Gasteiger charge is -2.15. The lowest BCUT2D eigenvalue weighted by atomic mass is 10.1. The number of methoxy groups -OCH3 is 1. The summed E-state index contributed by atoms with van der Waals surface area (Å²) in [5, 5.41) is 3.64. The Morgan fingerprint density at radius 2 is 2.00 bits per heavy atom. The zero-order chi connectivity index (χ0) is 19.6. The first-order valence-electron chi connectivity index (χ1n) is 7.57. The van der Waals surface area contributed by atoms with E-state index in [0.29, 0.717) is 40.8 Å². The number of thioether (sulfide) groups is 1. The van der Waals surface area contributed by atoms with Gasteiger partial charge in [-0.1, -0.05) is 53.2 Å². The summed E-state index contributed by atoms with van der Waals surface area (Å²) in [5.41, 5.74) is 1.46. The van der Waals surface area contributed by atoms with Crippen molar-refractivity contribution in [2.45, 2.75) is 6.61 Å². The van der Waals surface area contributed by atoms with Crippen molar-refractivity contribution in [1.82, 2.24) is 5.32 Å². The molecule has 1 aliphatic rings. The Morgan fingerprint density at radius 1 is 1.30 bits per heavy atom. The summed E-state index contributed by atoms with van der Waals surface area (Å²) in [5.74, 6) is 0.800. The van der Waals surface area contributed by atoms with Crippen LogP contribution in [0.1, 0.15) is 11.1 Å². The smallest absolute Gasteiger partial charge is 0.263 e. The fourth-order valence-corrected chi connectivity index (χ4v) is 4.48. The highest BCUT2D eigenvalue weighted by Gasteiger charge is 2.22. The van der Waals surface area contributed by atoms with E-state index in [-0.39, 0.29) is 12.5 Å². The number of hydrogen-bond donors (Lipinski definition) is 1. The maximum absolute atomic E-state index is 11.8. The minimum absolute atomic E-state index is 0.181. The molecule has 4 nitrogen and oxygen atoms in total. The summed E-state index contributed by atoms with van der Waals surface area (Å²) in [6.07, 6.45) is 1.74. The molecule has 1 saturated heterocycles. The number of carbonyl (C=O) groups is 1. The van der Waals surface area contributed by atoms with E-state index < -0.39 is 0 Å². The van der Waals surface area contributed by atoms with Crippen LogP contribution in [0.25, 0.3) is 6.08 Å². The van der Waals surface area contributed by atoms with Crippen molar-refractivity contribution in [3.8, 4) is 11.5 Å². The molecule has 140 valence electrons. The van der Waals surface area contributed by atoms with E-state index >= 15 is 0 Å². The van der Waals surface area contributed by atoms with Gasteiger partial charge in [0, 0.05) is 15.6 Å². The molecule has 0 unspecified atom stereocenters. The molecule has 0 atom stereocenters. The Labute approximate surface area is 184 Å². The molecule has 1 N–H and O–H groups in total. The van der Waals surface area contributed by atoms with Crippen LogP contribution in [0, 0.1) is 0 Å². The van der Waals surface area contributed by atoms with Gasteiger partial charge in [-0.25, -0.2) is 0 Å². The highest BCUT2D eigenvalue weighted by atomic mass is 79.9. The second kappa shape index (κ2) is 8.84. The molecule has 1 heterocycles. The summed E-state index contributed by atoms with van der Waals surface area (Å²) in [6, 6.07) is 8.88. The average Bonchev–Trinajstić information content (AvgIpc) is 2.92. The van der Waals surface area contributed by atoms with Gasteiger partial charge in [0.2, 0.25) is 0 Å². The molecule has 1 fully saturated rings. The lowest BCUT2D eigenvalue weighted by molar-refractivity contribution is -0.115. The standard InChI is InChI=1S/C18H12BrCl2NO3S2/c1-24-14-6-9(7-15-17(23)22-18(26)27-15)5-11(19)16(14)25-8-10-12(20)3-2-4-13(10)21/h2-7H,8H2,1H3,(H,22,23,26)/b15-7-. The molecule has 0 radical (unpaired) electrons. The minimum Gasteiger partial charge on any atom is -0.493 e. The molecule has 27 heavy (non-hydrogen) atoms. The summed E-state index contributed by atoms with van der Waals surface area (Å²) < 4.78 is 12.5. The van der Waals surface area contributed by atoms with Gasteiger partial charge >= 0.3 is 0 Å². The van der Waals surface area contributed by atoms with Crippen LogP contribution in [0.15, 0.2) is 39.7 Å². The summed E-state index contributed by atoms with van der Waals surface area (Å²) in [6.45, 7) is 0.181. The summed E-state index contributed by atoms with van der Waals surface area (Å²) in [4.78, 5) is 12.4. The molecule has 1 aliphatic heterocycles. The molecule has 0 saturated carbocycles. The zero-order valence-electron chi connectivity index (χ0n) is 13.8. The third kappa shape index (κ3) is 4.78. The van der Waals surface area contributed by atoms with E-state index in [4.69, 9.17) is 44.9 Å². The van der Waals surface area contributed by atoms with Gasteiger partial charge in [0.05, 0.1) is 16.5 Å². The van der Waals surface area contributed by atoms with Crippen LogP contribution >= 0.6 is 63.1 Å². The number of thiocarbonyl (C=S) groups is 1. The number of halogens is 3. The van der Waals surface area contributed by atoms with Gasteiger partial charge in [-0.3, -0.25) is 4.79 Å². The van der Waals surface area contributed by atoms with Crippen LogP contribution in [-0.4, -0.2) is 17.3 Å². The van der Waals surface area contributed by atoms with Gasteiger partial charge in [0.1, 0.15) is 10.9 Å². The molecule has 2 aromatic rings. The van der Waals surface area contributed by atoms with E-state index in [1.165, 1.54) is 11.8 Å². The second-order valence-electron chi connectivity index (χ2n) is 5.38. The van der Waals surface area contributed by atoms with Crippen LogP contribution in [0.2, 0.25) is 10.0 Å². The van der Waals surface area contributed by atoms with E-state index in [0.717, 1.165) is 5.56 Å². The fraction of sp³-hybridized carbons (Fsp3) is 0.111. The Morgan fingerprint density at radius 3 is 2.59 bits per heavy atom. The van der Waals surface area contributed by atoms with E-state index in [9.17, 15) is 4.79 Å². The fourth-order valence-electron chi connectivity index (χ4n) is 2.35. The molecule has 0 aromatic heterocycles. The molecule has 3 rings (SSSR count). The summed E-state index contributed by atoms with van der Waals surface area (Å²) >= 11 is 22.1. The maximum atomic E-state index is 11.8. The molecule has 9 heteroatoms. The predicted molar refractivity (Wildman–Crippen MR) is 118 cm³/mol. The van der Waals surface area contributed by atoms with Crippen LogP contribution in [0.4, 0.5) is 0 Å². The number of nitrogens with one attached hydrogen (secondary N) is 1. The lowest BCUT2D eigenvalue weighted by Crippen LogP contribution is -2.17. The van der Waals surface area contributed by atoms with Crippen LogP contribution in [0.5, 0.6) is 11.5 Å². The first-order chi connectivity index (χ1) is 12.9. The molecular weight excluding hydrogens is 493 g/mol. The Bertz CT molecular complexity index is 946. The van der Waals surface area contributed by atoms with Crippen molar-refractivity contribution >= 4 is 79.4 Å². The molecule has 0 aliphatic carbocycles. The monoisotopic (exact) mass is 503 g/mol. The third-order valence-corrected chi connectivity index (χ3v) is 6.07. The topological polar surface area (TPSA) is 47.6 Å². The highest BCUT2D eigenvalue weighted by molar-refractivity contribution is 9.10. The Kier molecular flexibility index (Phi) is 6.70. The van der Waals surface area contributed by atoms with Crippen molar-refractivity contribution in [3.63, 3.8) is 0 Å². The number of rotatable bonds is 5. The van der Waals surface area contributed by atoms with Gasteiger partial charge in [-0.15, -0.1) is 0 Å². The van der Waals surface area contributed by atoms with E-state index in [1.807, 2.05) is 6.07 Å². The van der Waals surface area contributed by atoms with Gasteiger partial charge in [-0.05, 0) is 51.8 Å². The molecular formula is C18H12BrCl2NO3S2. The Hall–Kier alpha value is -1.25. The van der Waals surface area contributed by atoms with E-state index in [1.54, 1.807) is 37.5 Å². The van der Waals surface area contributed by atoms with Crippen LogP contribution < -0.4 is 14.8 Å². The number of hydrogen-bond acceptors (Lipinski definition) is 5. The first-order valence-corrected chi connectivity index (χ1v) is 10.3. The van der Waals surface area contributed by atoms with Gasteiger partial charge in [-0.2, -0.15) is 0 Å². The molecule has 0 bridgehead atoms. The molecule has 2 aromatic carbocycles. The quantitative estimate of drug-likeness (QED) is 0.410. The van der Waals surface area contributed by atoms with Crippen molar-refractivity contribution < 1.29 is 14.3 Å². The third-order valence-electron chi connectivity index (χ3n) is 3.61. The van der Waals surface area contributed by atoms with Gasteiger partial charge in [0.25, 0.3) is 5.91 Å². The van der Waals surface area contributed by atoms with Crippen LogP contribution in [-0.2, 0) is 11.4 Å². The van der Waals surface area contributed by atoms with E-state index in [2.05, 4.69) is 21.2 Å². The van der Waals surface area contributed by atoms with Crippen molar-refractivity contribution in [3.05, 3.63) is 60.9 Å². The van der Waals surface area contributed by atoms with Gasteiger partial charge in [0.15, 0.2) is 11.5 Å².